The van der Waals surface area contributed by atoms with Crippen LogP contribution in [0.25, 0.3) is 10.2 Å². The first kappa shape index (κ1) is 26.1. The fraction of sp³-hybridized carbons (Fsp3) is 0.348. The summed E-state index contributed by atoms with van der Waals surface area (Å²) >= 11 is -0.484. The van der Waals surface area contributed by atoms with Crippen molar-refractivity contribution in [1.29, 1.82) is 0 Å². The molecule has 1 saturated heterocycles. The standard InChI is InChI=1S/C23H25F2N5O4S2/c1-29(17-4-5-21-19(11-17)26-13-35-21)22(32)20(9-14-7-15(24)10-16(25)8-14)27-23(33)28-36(34)30-6-2-3-18(30)12-31/h4-5,7-8,10-11,13,18,20,31H,2-3,6,9,12H2,1H3,(H2,27,28,33)/t18-,20-,36?/m0/s1. The zero-order valence-corrected chi connectivity index (χ0v) is 21.0. The highest BCUT2D eigenvalue weighted by Crippen LogP contribution is 2.24. The largest absolute Gasteiger partial charge is 0.395 e. The van der Waals surface area contributed by atoms with E-state index in [9.17, 15) is 27.7 Å². The molecule has 1 unspecified atom stereocenters. The summed E-state index contributed by atoms with van der Waals surface area (Å²) in [4.78, 5) is 31.7. The van der Waals surface area contributed by atoms with E-state index >= 15 is 0 Å². The zero-order chi connectivity index (χ0) is 25.8. The first-order chi connectivity index (χ1) is 17.2. The van der Waals surface area contributed by atoms with Gasteiger partial charge in [-0.15, -0.1) is 11.3 Å². The highest BCUT2D eigenvalue weighted by Gasteiger charge is 2.31. The van der Waals surface area contributed by atoms with E-state index in [0.717, 1.165) is 23.3 Å². The number of amides is 3. The Kier molecular flexibility index (Phi) is 8.24. The maximum Gasteiger partial charge on any atom is 0.328 e. The van der Waals surface area contributed by atoms with Crippen LogP contribution in [0, 0.1) is 11.6 Å². The Bertz CT molecular complexity index is 1270. The van der Waals surface area contributed by atoms with Crippen LogP contribution in [0.4, 0.5) is 19.3 Å². The van der Waals surface area contributed by atoms with Gasteiger partial charge in [-0.2, -0.15) is 0 Å². The van der Waals surface area contributed by atoms with Gasteiger partial charge in [-0.3, -0.25) is 4.79 Å². The number of hydrogen-bond acceptors (Lipinski definition) is 6. The van der Waals surface area contributed by atoms with E-state index in [2.05, 4.69) is 15.0 Å². The molecule has 2 heterocycles. The number of anilines is 1. The molecule has 0 spiro atoms. The number of hydrogen-bond donors (Lipinski definition) is 3. The van der Waals surface area contributed by atoms with E-state index in [1.165, 1.54) is 27.6 Å². The van der Waals surface area contributed by atoms with Crippen molar-refractivity contribution in [2.75, 3.05) is 25.1 Å². The predicted octanol–water partition coefficient (Wildman–Crippen LogP) is 2.48. The summed E-state index contributed by atoms with van der Waals surface area (Å²) < 4.78 is 44.9. The van der Waals surface area contributed by atoms with Gasteiger partial charge in [0.25, 0.3) is 0 Å². The number of urea groups is 1. The van der Waals surface area contributed by atoms with Gasteiger partial charge in [0.15, 0.2) is 11.2 Å². The fourth-order valence-corrected chi connectivity index (χ4v) is 5.85. The lowest BCUT2D eigenvalue weighted by molar-refractivity contribution is -0.120. The summed E-state index contributed by atoms with van der Waals surface area (Å²) in [6, 6.07) is 5.69. The van der Waals surface area contributed by atoms with E-state index in [4.69, 9.17) is 0 Å². The van der Waals surface area contributed by atoms with Crippen molar-refractivity contribution < 1.29 is 27.7 Å². The summed E-state index contributed by atoms with van der Waals surface area (Å²) in [5, 5.41) is 11.9. The molecule has 36 heavy (non-hydrogen) atoms. The molecule has 0 radical (unpaired) electrons. The number of aliphatic hydroxyl groups excluding tert-OH is 1. The van der Waals surface area contributed by atoms with Crippen molar-refractivity contribution >= 4 is 50.4 Å². The highest BCUT2D eigenvalue weighted by molar-refractivity contribution is 7.81. The van der Waals surface area contributed by atoms with Crippen molar-refractivity contribution in [2.24, 2.45) is 0 Å². The van der Waals surface area contributed by atoms with Gasteiger partial charge in [0.05, 0.1) is 22.3 Å². The molecule has 0 saturated carbocycles. The number of benzene rings is 2. The van der Waals surface area contributed by atoms with E-state index in [-0.39, 0.29) is 24.6 Å². The summed E-state index contributed by atoms with van der Waals surface area (Å²) in [6.07, 6.45) is 1.16. The summed E-state index contributed by atoms with van der Waals surface area (Å²) in [7, 11) is 1.52. The van der Waals surface area contributed by atoms with Gasteiger partial charge >= 0.3 is 6.03 Å². The third-order valence-electron chi connectivity index (χ3n) is 5.92. The summed E-state index contributed by atoms with van der Waals surface area (Å²) in [5.74, 6) is -2.18. The number of nitrogens with one attached hydrogen (secondary N) is 2. The number of aromatic nitrogens is 1. The molecule has 1 aliphatic heterocycles. The maximum absolute atomic E-state index is 13.8. The number of likely N-dealkylation sites (N-methyl/N-ethyl adjacent to an activating group) is 1. The Morgan fingerprint density at radius 1 is 1.28 bits per heavy atom. The molecule has 1 fully saturated rings. The number of halogens is 2. The van der Waals surface area contributed by atoms with Crippen molar-refractivity contribution in [2.45, 2.75) is 31.3 Å². The van der Waals surface area contributed by atoms with E-state index < -0.39 is 40.8 Å². The van der Waals surface area contributed by atoms with Crippen LogP contribution in [0.1, 0.15) is 18.4 Å². The first-order valence-electron chi connectivity index (χ1n) is 11.2. The van der Waals surface area contributed by atoms with Crippen LogP contribution in [0.5, 0.6) is 0 Å². The van der Waals surface area contributed by atoms with Crippen LogP contribution in [0.3, 0.4) is 0 Å². The number of aliphatic hydroxyl groups is 1. The lowest BCUT2D eigenvalue weighted by Gasteiger charge is -2.26. The lowest BCUT2D eigenvalue weighted by Crippen LogP contribution is -2.53. The van der Waals surface area contributed by atoms with Gasteiger partial charge in [-0.05, 0) is 48.7 Å². The quantitative estimate of drug-likeness (QED) is 0.409. The minimum atomic E-state index is -1.94. The molecule has 3 aromatic rings. The van der Waals surface area contributed by atoms with Gasteiger partial charge in [-0.25, -0.2) is 31.8 Å². The SMILES string of the molecule is CN(C(=O)[C@H](Cc1cc(F)cc(F)c1)NC(=O)NS(=O)N1CCC[C@H]1CO)c1ccc2scnc2c1. The van der Waals surface area contributed by atoms with Crippen molar-refractivity contribution in [3.05, 3.63) is 59.1 Å². The molecule has 3 N–H and O–H groups in total. The van der Waals surface area contributed by atoms with Crippen molar-refractivity contribution in [3.8, 4) is 0 Å². The molecule has 0 bridgehead atoms. The molecule has 13 heteroatoms. The third-order valence-corrected chi connectivity index (χ3v) is 8.00. The Labute approximate surface area is 212 Å². The Morgan fingerprint density at radius 3 is 2.75 bits per heavy atom. The van der Waals surface area contributed by atoms with Crippen LogP contribution in [-0.2, 0) is 22.4 Å². The van der Waals surface area contributed by atoms with Crippen molar-refractivity contribution in [3.63, 3.8) is 0 Å². The van der Waals surface area contributed by atoms with Crippen LogP contribution in [-0.4, -0.2) is 62.8 Å². The average Bonchev–Trinajstić information content (AvgIpc) is 3.50. The molecule has 192 valence electrons. The molecule has 1 aliphatic rings. The minimum Gasteiger partial charge on any atom is -0.395 e. The lowest BCUT2D eigenvalue weighted by atomic mass is 10.0. The second-order valence-corrected chi connectivity index (χ2v) is 10.4. The number of nitrogens with zero attached hydrogens (tertiary/aromatic N) is 3. The van der Waals surface area contributed by atoms with E-state index in [1.54, 1.807) is 17.6 Å². The van der Waals surface area contributed by atoms with Gasteiger partial charge < -0.3 is 15.3 Å². The van der Waals surface area contributed by atoms with E-state index in [0.29, 0.717) is 30.2 Å². The highest BCUT2D eigenvalue weighted by atomic mass is 32.2. The summed E-state index contributed by atoms with van der Waals surface area (Å²) in [5.41, 5.74) is 3.06. The predicted molar refractivity (Wildman–Crippen MR) is 134 cm³/mol. The zero-order valence-electron chi connectivity index (χ0n) is 19.3. The summed E-state index contributed by atoms with van der Waals surface area (Å²) in [6.45, 7) is 0.236. The normalized spacial score (nSPS) is 17.6. The fourth-order valence-electron chi connectivity index (χ4n) is 4.12. The number of carbonyl (C=O) groups is 2. The monoisotopic (exact) mass is 537 g/mol. The van der Waals surface area contributed by atoms with Gasteiger partial charge in [0.1, 0.15) is 17.7 Å². The third kappa shape index (κ3) is 6.03. The number of thiazole rings is 1. The molecule has 3 atom stereocenters. The van der Waals surface area contributed by atoms with Crippen LogP contribution in [0.15, 0.2) is 41.9 Å². The van der Waals surface area contributed by atoms with Gasteiger partial charge in [-0.1, -0.05) is 0 Å². The minimum absolute atomic E-state index is 0.163. The van der Waals surface area contributed by atoms with Crippen LogP contribution < -0.4 is 14.9 Å². The molecule has 2 aromatic carbocycles. The average molecular weight is 538 g/mol. The number of fused-ring (bicyclic) bond motifs is 1. The molecule has 1 aromatic heterocycles. The Morgan fingerprint density at radius 2 is 2.03 bits per heavy atom. The number of carbonyl (C=O) groups excluding carboxylic acids is 2. The Balaban J connectivity index is 1.53. The van der Waals surface area contributed by atoms with E-state index in [1.807, 2.05) is 6.07 Å². The Hall–Kier alpha value is -3.00. The molecule has 4 rings (SSSR count). The molecule has 0 aliphatic carbocycles. The topological polar surface area (TPSA) is 115 Å². The first-order valence-corrected chi connectivity index (χ1v) is 13.2. The molecule has 3 amide bonds. The second kappa shape index (κ2) is 11.4. The molecule has 9 nitrogen and oxygen atoms in total. The van der Waals surface area contributed by atoms with Crippen LogP contribution in [0.2, 0.25) is 0 Å². The van der Waals surface area contributed by atoms with Gasteiger partial charge in [0, 0.05) is 37.8 Å². The molecular formula is C23H25F2N5O4S2. The van der Waals surface area contributed by atoms with Gasteiger partial charge in [0.2, 0.25) is 5.91 Å². The second-order valence-electron chi connectivity index (χ2n) is 8.38. The number of rotatable bonds is 8. The molecular weight excluding hydrogens is 512 g/mol. The maximum atomic E-state index is 13.8. The van der Waals surface area contributed by atoms with Crippen LogP contribution >= 0.6 is 11.3 Å². The smallest absolute Gasteiger partial charge is 0.328 e. The van der Waals surface area contributed by atoms with Crippen molar-refractivity contribution in [1.82, 2.24) is 19.3 Å².